The summed E-state index contributed by atoms with van der Waals surface area (Å²) in [5, 5.41) is 16.4. The molecule has 4 rings (SSSR count). The van der Waals surface area contributed by atoms with Crippen LogP contribution in [0.1, 0.15) is 16.1 Å². The largest absolute Gasteiger partial charge is 0.322 e. The molecule has 0 radical (unpaired) electrons. The molecule has 0 aliphatic rings. The molecule has 0 saturated heterocycles. The Hall–Kier alpha value is -2.75. The van der Waals surface area contributed by atoms with Crippen LogP contribution in [0.5, 0.6) is 0 Å². The third-order valence-electron chi connectivity index (χ3n) is 3.71. The van der Waals surface area contributed by atoms with E-state index in [1.807, 2.05) is 30.5 Å². The van der Waals surface area contributed by atoms with Gasteiger partial charge in [0.15, 0.2) is 4.34 Å². The second-order valence-corrected chi connectivity index (χ2v) is 8.32. The number of carbonyl (C=O) groups excluding carboxylic acids is 1. The molecule has 4 aromatic rings. The summed E-state index contributed by atoms with van der Waals surface area (Å²) in [5.74, 6) is -0.248. The molecule has 0 spiro atoms. The Morgan fingerprint density at radius 1 is 1.25 bits per heavy atom. The van der Waals surface area contributed by atoms with Gasteiger partial charge in [-0.1, -0.05) is 29.4 Å². The van der Waals surface area contributed by atoms with Crippen LogP contribution in [0.15, 0.2) is 63.4 Å². The molecule has 0 aliphatic heterocycles. The molecule has 0 bridgehead atoms. The number of hydrogen-bond donors (Lipinski definition) is 1. The highest BCUT2D eigenvalue weighted by Gasteiger charge is 2.11. The lowest BCUT2D eigenvalue weighted by molar-refractivity contribution is 0.102. The second-order valence-electron chi connectivity index (χ2n) is 5.76. The fraction of sp³-hybridized carbons (Fsp3) is 0.0556. The number of amides is 1. The van der Waals surface area contributed by atoms with Gasteiger partial charge in [0.05, 0.1) is 10.7 Å². The van der Waals surface area contributed by atoms with Crippen LogP contribution in [-0.2, 0) is 0 Å². The van der Waals surface area contributed by atoms with Crippen molar-refractivity contribution in [3.05, 3.63) is 70.5 Å². The molecule has 2 aromatic heterocycles. The molecule has 28 heavy (non-hydrogen) atoms. The number of thiazole rings is 1. The van der Waals surface area contributed by atoms with Crippen molar-refractivity contribution in [1.29, 1.82) is 0 Å². The van der Waals surface area contributed by atoms with Crippen LogP contribution in [-0.4, -0.2) is 31.1 Å². The third kappa shape index (κ3) is 4.22. The van der Waals surface area contributed by atoms with Crippen molar-refractivity contribution in [2.75, 3.05) is 5.32 Å². The van der Waals surface area contributed by atoms with Gasteiger partial charge in [-0.2, -0.15) is 0 Å². The van der Waals surface area contributed by atoms with Gasteiger partial charge >= 0.3 is 0 Å². The third-order valence-corrected chi connectivity index (χ3v) is 6.26. The molecule has 7 nitrogen and oxygen atoms in total. The van der Waals surface area contributed by atoms with Crippen LogP contribution < -0.4 is 5.32 Å². The number of nitrogens with one attached hydrogen (secondary N) is 1. The summed E-state index contributed by atoms with van der Waals surface area (Å²) < 4.78 is 2.41. The molecule has 2 aromatic carbocycles. The predicted molar refractivity (Wildman–Crippen MR) is 110 cm³/mol. The van der Waals surface area contributed by atoms with Crippen molar-refractivity contribution < 1.29 is 4.79 Å². The number of rotatable bonds is 5. The van der Waals surface area contributed by atoms with Gasteiger partial charge in [-0.3, -0.25) is 4.79 Å². The zero-order valence-electron chi connectivity index (χ0n) is 14.5. The first-order chi connectivity index (χ1) is 13.6. The van der Waals surface area contributed by atoms with Crippen LogP contribution in [0.2, 0.25) is 5.02 Å². The first-order valence-electron chi connectivity index (χ1n) is 8.13. The van der Waals surface area contributed by atoms with Crippen molar-refractivity contribution >= 4 is 46.3 Å². The van der Waals surface area contributed by atoms with Gasteiger partial charge in [-0.25, -0.2) is 9.67 Å². The van der Waals surface area contributed by atoms with Crippen molar-refractivity contribution in [1.82, 2.24) is 25.2 Å². The summed E-state index contributed by atoms with van der Waals surface area (Å²) in [5.41, 5.74) is 2.78. The summed E-state index contributed by atoms with van der Waals surface area (Å²) in [6, 6.07) is 12.4. The summed E-state index contributed by atoms with van der Waals surface area (Å²) in [4.78, 5) is 17.9. The maximum atomic E-state index is 12.6. The topological polar surface area (TPSA) is 85.6 Å². The first kappa shape index (κ1) is 18.6. The molecule has 0 unspecified atom stereocenters. The van der Waals surface area contributed by atoms with Crippen molar-refractivity contribution in [2.45, 2.75) is 16.2 Å². The molecule has 140 valence electrons. The van der Waals surface area contributed by atoms with Crippen LogP contribution in [0.4, 0.5) is 5.69 Å². The van der Waals surface area contributed by atoms with Gasteiger partial charge < -0.3 is 5.32 Å². The standard InChI is InChI=1S/C18H13ClN6OS2/c1-11-9-27-18(21-11)28-16-6-5-13(8-15(16)19)22-17(26)12-3-2-4-14(7-12)25-10-20-23-24-25/h2-10H,1H3,(H,22,26). The number of aryl methyl sites for hydroxylation is 1. The van der Waals surface area contributed by atoms with Gasteiger partial charge in [0.1, 0.15) is 6.33 Å². The minimum Gasteiger partial charge on any atom is -0.322 e. The Morgan fingerprint density at radius 2 is 2.14 bits per heavy atom. The molecule has 0 saturated carbocycles. The quantitative estimate of drug-likeness (QED) is 0.504. The van der Waals surface area contributed by atoms with Crippen LogP contribution >= 0.6 is 34.7 Å². The van der Waals surface area contributed by atoms with E-state index in [1.54, 1.807) is 35.6 Å². The molecule has 1 N–H and O–H groups in total. The predicted octanol–water partition coefficient (Wildman–Crippen LogP) is 4.48. The summed E-state index contributed by atoms with van der Waals surface area (Å²) in [6.07, 6.45) is 1.47. The van der Waals surface area contributed by atoms with Gasteiger partial charge in [0.2, 0.25) is 0 Å². The fourth-order valence-corrected chi connectivity index (χ4v) is 4.50. The van der Waals surface area contributed by atoms with E-state index in [4.69, 9.17) is 11.6 Å². The molecular weight excluding hydrogens is 416 g/mol. The van der Waals surface area contributed by atoms with Gasteiger partial charge in [-0.15, -0.1) is 16.4 Å². The van der Waals surface area contributed by atoms with Gasteiger partial charge in [0, 0.05) is 27.2 Å². The van der Waals surface area contributed by atoms with Crippen molar-refractivity contribution in [3.8, 4) is 5.69 Å². The van der Waals surface area contributed by atoms with Crippen LogP contribution in [0.3, 0.4) is 0 Å². The molecule has 2 heterocycles. The SMILES string of the molecule is Cc1csc(Sc2ccc(NC(=O)c3cccc(-n4cnnn4)c3)cc2Cl)n1. The lowest BCUT2D eigenvalue weighted by Gasteiger charge is -2.09. The average molecular weight is 429 g/mol. The minimum atomic E-state index is -0.248. The monoisotopic (exact) mass is 428 g/mol. The number of aromatic nitrogens is 5. The van der Waals surface area contributed by atoms with Gasteiger partial charge in [-0.05, 0) is 53.7 Å². The van der Waals surface area contributed by atoms with E-state index in [1.165, 1.54) is 22.8 Å². The smallest absolute Gasteiger partial charge is 0.255 e. The number of halogens is 1. The Morgan fingerprint density at radius 3 is 2.86 bits per heavy atom. The van der Waals surface area contributed by atoms with Crippen LogP contribution in [0.25, 0.3) is 5.69 Å². The fourth-order valence-electron chi connectivity index (χ4n) is 2.41. The molecular formula is C18H13ClN6OS2. The lowest BCUT2D eigenvalue weighted by atomic mass is 10.2. The molecule has 0 atom stereocenters. The Kier molecular flexibility index (Phi) is 5.38. The lowest BCUT2D eigenvalue weighted by Crippen LogP contribution is -2.12. The minimum absolute atomic E-state index is 0.248. The number of carbonyl (C=O) groups is 1. The summed E-state index contributed by atoms with van der Waals surface area (Å²) in [6.45, 7) is 1.95. The number of tetrazole rings is 1. The van der Waals surface area contributed by atoms with E-state index in [9.17, 15) is 4.79 Å². The Balaban J connectivity index is 1.49. The van der Waals surface area contributed by atoms with E-state index in [0.717, 1.165) is 14.9 Å². The number of hydrogen-bond acceptors (Lipinski definition) is 7. The summed E-state index contributed by atoms with van der Waals surface area (Å²) >= 11 is 9.46. The second kappa shape index (κ2) is 8.09. The number of nitrogens with zero attached hydrogens (tertiary/aromatic N) is 5. The van der Waals surface area contributed by atoms with E-state index in [2.05, 4.69) is 25.8 Å². The molecule has 10 heteroatoms. The molecule has 0 fully saturated rings. The molecule has 0 aliphatic carbocycles. The maximum absolute atomic E-state index is 12.6. The van der Waals surface area contributed by atoms with E-state index in [-0.39, 0.29) is 5.91 Å². The number of benzene rings is 2. The zero-order chi connectivity index (χ0) is 19.5. The zero-order valence-corrected chi connectivity index (χ0v) is 16.9. The van der Waals surface area contributed by atoms with E-state index < -0.39 is 0 Å². The van der Waals surface area contributed by atoms with E-state index >= 15 is 0 Å². The van der Waals surface area contributed by atoms with E-state index in [0.29, 0.717) is 22.0 Å². The first-order valence-corrected chi connectivity index (χ1v) is 10.2. The van der Waals surface area contributed by atoms with Crippen molar-refractivity contribution in [3.63, 3.8) is 0 Å². The normalized spacial score (nSPS) is 10.8. The number of anilines is 1. The maximum Gasteiger partial charge on any atom is 0.255 e. The van der Waals surface area contributed by atoms with Gasteiger partial charge in [0.25, 0.3) is 5.91 Å². The highest BCUT2D eigenvalue weighted by atomic mass is 35.5. The highest BCUT2D eigenvalue weighted by molar-refractivity contribution is 8.01. The Labute approximate surface area is 173 Å². The van der Waals surface area contributed by atoms with Crippen molar-refractivity contribution in [2.24, 2.45) is 0 Å². The summed E-state index contributed by atoms with van der Waals surface area (Å²) in [7, 11) is 0. The molecule has 1 amide bonds. The highest BCUT2D eigenvalue weighted by Crippen LogP contribution is 2.36. The Bertz CT molecular complexity index is 1130. The van der Waals surface area contributed by atoms with Crippen LogP contribution in [0, 0.1) is 6.92 Å². The average Bonchev–Trinajstić information content (AvgIpc) is 3.36.